The Balaban J connectivity index is 2.29. The minimum Gasteiger partial charge on any atom is -0.387 e. The quantitative estimate of drug-likeness (QED) is 0.868. The molecule has 1 aromatic heterocycles. The minimum absolute atomic E-state index is 0.147. The molecule has 1 aromatic carbocycles. The number of rotatable bonds is 3. The molecule has 0 radical (unpaired) electrons. The summed E-state index contributed by atoms with van der Waals surface area (Å²) in [7, 11) is 3.58. The average molecular weight is 244 g/mol. The number of carbonyl (C=O) groups excluding carboxylic acids is 1. The molecule has 0 fully saturated rings. The van der Waals surface area contributed by atoms with E-state index in [4.69, 9.17) is 0 Å². The van der Waals surface area contributed by atoms with Crippen LogP contribution in [0.3, 0.4) is 0 Å². The molecular formula is C13H16N4O. The maximum Gasteiger partial charge on any atom is 0.258 e. The number of hydrogen-bond donors (Lipinski definition) is 2. The first kappa shape index (κ1) is 12.2. The van der Waals surface area contributed by atoms with Gasteiger partial charge in [-0.2, -0.15) is 5.10 Å². The first-order valence-electron chi connectivity index (χ1n) is 5.69. The molecule has 0 spiro atoms. The van der Waals surface area contributed by atoms with E-state index in [9.17, 15) is 4.79 Å². The number of nitrogens with one attached hydrogen (secondary N) is 2. The number of anilines is 2. The molecule has 94 valence electrons. The maximum atomic E-state index is 12.2. The van der Waals surface area contributed by atoms with Crippen LogP contribution in [-0.2, 0) is 7.05 Å². The van der Waals surface area contributed by atoms with Gasteiger partial charge in [0.1, 0.15) is 5.82 Å². The number of hydrogen-bond acceptors (Lipinski definition) is 3. The first-order chi connectivity index (χ1) is 8.61. The summed E-state index contributed by atoms with van der Waals surface area (Å²) in [5, 5.41) is 9.85. The van der Waals surface area contributed by atoms with Crippen LogP contribution < -0.4 is 10.6 Å². The lowest BCUT2D eigenvalue weighted by atomic mass is 10.1. The van der Waals surface area contributed by atoms with Gasteiger partial charge >= 0.3 is 0 Å². The minimum atomic E-state index is -0.147. The van der Waals surface area contributed by atoms with Gasteiger partial charge in [-0.1, -0.05) is 11.6 Å². The van der Waals surface area contributed by atoms with Gasteiger partial charge in [0.15, 0.2) is 0 Å². The monoisotopic (exact) mass is 244 g/mol. The van der Waals surface area contributed by atoms with Crippen molar-refractivity contribution in [2.45, 2.75) is 6.92 Å². The summed E-state index contributed by atoms with van der Waals surface area (Å²) in [5.74, 6) is 0.523. The maximum absolute atomic E-state index is 12.2. The Bertz CT molecular complexity index is 574. The number of carbonyl (C=O) groups is 1. The Morgan fingerprint density at radius 3 is 2.72 bits per heavy atom. The van der Waals surface area contributed by atoms with Crippen LogP contribution in [0.25, 0.3) is 0 Å². The molecule has 1 heterocycles. The standard InChI is InChI=1S/C13H16N4O/c1-9-4-5-11(14-2)10(8-9)13(18)16-12-6-7-15-17(12)3/h4-8,14H,1-3H3,(H,16,18). The molecule has 0 aliphatic rings. The van der Waals surface area contributed by atoms with Crippen molar-refractivity contribution in [1.29, 1.82) is 0 Å². The van der Waals surface area contributed by atoms with Crippen molar-refractivity contribution in [2.24, 2.45) is 7.05 Å². The van der Waals surface area contributed by atoms with E-state index < -0.39 is 0 Å². The highest BCUT2D eigenvalue weighted by molar-refractivity contribution is 6.07. The van der Waals surface area contributed by atoms with Crippen LogP contribution >= 0.6 is 0 Å². The zero-order valence-electron chi connectivity index (χ0n) is 10.7. The largest absolute Gasteiger partial charge is 0.387 e. The second-order valence-corrected chi connectivity index (χ2v) is 4.09. The summed E-state index contributed by atoms with van der Waals surface area (Å²) < 4.78 is 1.62. The second kappa shape index (κ2) is 4.91. The molecule has 2 aromatic rings. The third-order valence-corrected chi connectivity index (χ3v) is 2.75. The Morgan fingerprint density at radius 1 is 1.33 bits per heavy atom. The van der Waals surface area contributed by atoms with Crippen molar-refractivity contribution in [3.8, 4) is 0 Å². The van der Waals surface area contributed by atoms with Gasteiger partial charge in [0.25, 0.3) is 5.91 Å². The summed E-state index contributed by atoms with van der Waals surface area (Å²) >= 11 is 0. The summed E-state index contributed by atoms with van der Waals surface area (Å²) in [6.45, 7) is 1.96. The molecule has 0 atom stereocenters. The number of aromatic nitrogens is 2. The number of nitrogens with zero attached hydrogens (tertiary/aromatic N) is 2. The lowest BCUT2D eigenvalue weighted by molar-refractivity contribution is 0.102. The molecule has 0 bridgehead atoms. The number of aryl methyl sites for hydroxylation is 2. The molecule has 5 nitrogen and oxygen atoms in total. The number of amides is 1. The predicted octanol–water partition coefficient (Wildman–Crippen LogP) is 2.02. The van der Waals surface area contributed by atoms with Gasteiger partial charge in [-0.3, -0.25) is 9.48 Å². The highest BCUT2D eigenvalue weighted by atomic mass is 16.1. The number of benzene rings is 1. The summed E-state index contributed by atoms with van der Waals surface area (Å²) in [5.41, 5.74) is 2.48. The fraction of sp³-hybridized carbons (Fsp3) is 0.231. The highest BCUT2D eigenvalue weighted by Gasteiger charge is 2.12. The van der Waals surface area contributed by atoms with Crippen LogP contribution in [0.1, 0.15) is 15.9 Å². The summed E-state index contributed by atoms with van der Waals surface area (Å²) in [4.78, 5) is 12.2. The first-order valence-corrected chi connectivity index (χ1v) is 5.69. The normalized spacial score (nSPS) is 10.2. The fourth-order valence-electron chi connectivity index (χ4n) is 1.74. The zero-order chi connectivity index (χ0) is 13.1. The van der Waals surface area contributed by atoms with Crippen LogP contribution in [0.15, 0.2) is 30.5 Å². The third-order valence-electron chi connectivity index (χ3n) is 2.75. The van der Waals surface area contributed by atoms with Gasteiger partial charge in [0.05, 0.1) is 11.8 Å². The van der Waals surface area contributed by atoms with Crippen molar-refractivity contribution in [3.05, 3.63) is 41.6 Å². The summed E-state index contributed by atoms with van der Waals surface area (Å²) in [6, 6.07) is 7.48. The van der Waals surface area contributed by atoms with Gasteiger partial charge in [0.2, 0.25) is 0 Å². The van der Waals surface area contributed by atoms with E-state index >= 15 is 0 Å². The molecule has 0 aliphatic heterocycles. The Morgan fingerprint density at radius 2 is 2.11 bits per heavy atom. The third kappa shape index (κ3) is 2.34. The van der Waals surface area contributed by atoms with Crippen molar-refractivity contribution in [1.82, 2.24) is 9.78 Å². The van der Waals surface area contributed by atoms with E-state index in [0.717, 1.165) is 11.3 Å². The fourth-order valence-corrected chi connectivity index (χ4v) is 1.74. The lowest BCUT2D eigenvalue weighted by Crippen LogP contribution is -2.16. The van der Waals surface area contributed by atoms with Crippen molar-refractivity contribution < 1.29 is 4.79 Å². The SMILES string of the molecule is CNc1ccc(C)cc1C(=O)Nc1ccnn1C. The van der Waals surface area contributed by atoms with E-state index in [1.807, 2.05) is 25.1 Å². The van der Waals surface area contributed by atoms with E-state index in [1.54, 1.807) is 31.0 Å². The Labute approximate surface area is 106 Å². The molecule has 0 saturated heterocycles. The molecule has 5 heteroatoms. The lowest BCUT2D eigenvalue weighted by Gasteiger charge is -2.10. The molecular weight excluding hydrogens is 228 g/mol. The van der Waals surface area contributed by atoms with Crippen LogP contribution in [0.2, 0.25) is 0 Å². The molecule has 1 amide bonds. The van der Waals surface area contributed by atoms with Crippen molar-refractivity contribution >= 4 is 17.4 Å². The predicted molar refractivity (Wildman–Crippen MR) is 71.9 cm³/mol. The molecule has 0 unspecified atom stereocenters. The summed E-state index contributed by atoms with van der Waals surface area (Å²) in [6.07, 6.45) is 1.64. The molecule has 0 saturated carbocycles. The van der Waals surface area contributed by atoms with Crippen LogP contribution in [-0.4, -0.2) is 22.7 Å². The Hall–Kier alpha value is -2.30. The molecule has 2 rings (SSSR count). The van der Waals surface area contributed by atoms with Gasteiger partial charge in [-0.05, 0) is 19.1 Å². The van der Waals surface area contributed by atoms with Crippen LogP contribution in [0.5, 0.6) is 0 Å². The van der Waals surface area contributed by atoms with Crippen LogP contribution in [0, 0.1) is 6.92 Å². The van der Waals surface area contributed by atoms with Crippen molar-refractivity contribution in [3.63, 3.8) is 0 Å². The van der Waals surface area contributed by atoms with E-state index in [0.29, 0.717) is 11.4 Å². The Kier molecular flexibility index (Phi) is 3.32. The van der Waals surface area contributed by atoms with E-state index in [2.05, 4.69) is 15.7 Å². The molecule has 0 aliphatic carbocycles. The van der Waals surface area contributed by atoms with Crippen LogP contribution in [0.4, 0.5) is 11.5 Å². The highest BCUT2D eigenvalue weighted by Crippen LogP contribution is 2.18. The van der Waals surface area contributed by atoms with E-state index in [-0.39, 0.29) is 5.91 Å². The topological polar surface area (TPSA) is 59.0 Å². The molecule has 2 N–H and O–H groups in total. The molecule has 18 heavy (non-hydrogen) atoms. The van der Waals surface area contributed by atoms with Crippen molar-refractivity contribution in [2.75, 3.05) is 17.7 Å². The average Bonchev–Trinajstić information content (AvgIpc) is 2.75. The smallest absolute Gasteiger partial charge is 0.258 e. The van der Waals surface area contributed by atoms with E-state index in [1.165, 1.54) is 0 Å². The van der Waals surface area contributed by atoms with Gasteiger partial charge < -0.3 is 10.6 Å². The zero-order valence-corrected chi connectivity index (χ0v) is 10.7. The van der Waals surface area contributed by atoms with Gasteiger partial charge in [-0.25, -0.2) is 0 Å². The second-order valence-electron chi connectivity index (χ2n) is 4.09. The van der Waals surface area contributed by atoms with Gasteiger partial charge in [-0.15, -0.1) is 0 Å². The van der Waals surface area contributed by atoms with Gasteiger partial charge in [0, 0.05) is 25.8 Å².